The van der Waals surface area contributed by atoms with Gasteiger partial charge in [0.1, 0.15) is 11.2 Å². The van der Waals surface area contributed by atoms with Gasteiger partial charge in [-0.15, -0.1) is 0 Å². The van der Waals surface area contributed by atoms with Gasteiger partial charge in [0.25, 0.3) is 0 Å². The summed E-state index contributed by atoms with van der Waals surface area (Å²) in [4.78, 5) is 15.9. The van der Waals surface area contributed by atoms with E-state index in [1.807, 2.05) is 36.4 Å². The predicted molar refractivity (Wildman–Crippen MR) is 266 cm³/mol. The summed E-state index contributed by atoms with van der Waals surface area (Å²) in [5, 5.41) is 4.37. The maximum atomic E-state index is 6.37. The number of para-hydroxylation sites is 2. The summed E-state index contributed by atoms with van der Waals surface area (Å²) in [6.07, 6.45) is 0. The van der Waals surface area contributed by atoms with Gasteiger partial charge in [0, 0.05) is 43.7 Å². The molecule has 1 aliphatic rings. The second kappa shape index (κ2) is 14.3. The minimum atomic E-state index is -0.101. The summed E-state index contributed by atoms with van der Waals surface area (Å²) in [5.74, 6) is 1.69. The largest absolute Gasteiger partial charge is 0.456 e. The van der Waals surface area contributed by atoms with Gasteiger partial charge in [-0.05, 0) is 98.6 Å². The van der Waals surface area contributed by atoms with Crippen LogP contribution in [-0.2, 0) is 5.41 Å². The van der Waals surface area contributed by atoms with Gasteiger partial charge in [-0.2, -0.15) is 9.97 Å². The molecule has 12 aromatic rings. The average Bonchev–Trinajstić information content (AvgIpc) is 3.99. The Balaban J connectivity index is 1.06. The van der Waals surface area contributed by atoms with Crippen molar-refractivity contribution in [3.63, 3.8) is 0 Å². The second-order valence-electron chi connectivity index (χ2n) is 17.6. The van der Waals surface area contributed by atoms with E-state index in [2.05, 4.69) is 188 Å². The smallest absolute Gasteiger partial charge is 0.238 e. The zero-order valence-corrected chi connectivity index (χ0v) is 35.8. The molecule has 3 heterocycles. The molecule has 0 N–H and O–H groups in total. The van der Waals surface area contributed by atoms with Crippen LogP contribution in [0.25, 0.3) is 117 Å². The van der Waals surface area contributed by atoms with Crippen LogP contribution < -0.4 is 0 Å². The third-order valence-corrected chi connectivity index (χ3v) is 13.5. The van der Waals surface area contributed by atoms with Gasteiger partial charge < -0.3 is 4.42 Å². The van der Waals surface area contributed by atoms with Crippen LogP contribution in [0.3, 0.4) is 0 Å². The molecule has 0 radical (unpaired) electrons. The van der Waals surface area contributed by atoms with Gasteiger partial charge in [0.15, 0.2) is 11.6 Å². The highest BCUT2D eigenvalue weighted by Crippen LogP contribution is 2.50. The van der Waals surface area contributed by atoms with Crippen molar-refractivity contribution in [2.45, 2.75) is 19.3 Å². The summed E-state index contributed by atoms with van der Waals surface area (Å²) in [5.41, 5.74) is 17.5. The Labute approximate surface area is 376 Å². The molecule has 0 amide bonds. The first-order valence-electron chi connectivity index (χ1n) is 22.2. The van der Waals surface area contributed by atoms with Crippen molar-refractivity contribution < 1.29 is 4.42 Å². The maximum Gasteiger partial charge on any atom is 0.238 e. The Hall–Kier alpha value is -8.41. The minimum absolute atomic E-state index is 0.101. The first-order valence-corrected chi connectivity index (χ1v) is 22.2. The lowest BCUT2D eigenvalue weighted by Gasteiger charge is -2.22. The molecule has 306 valence electrons. The summed E-state index contributed by atoms with van der Waals surface area (Å²) >= 11 is 0. The molecule has 13 rings (SSSR count). The first kappa shape index (κ1) is 37.2. The fraction of sp³-hybridized carbons (Fsp3) is 0.0500. The fourth-order valence-electron chi connectivity index (χ4n) is 10.2. The van der Waals surface area contributed by atoms with E-state index in [9.17, 15) is 0 Å². The van der Waals surface area contributed by atoms with Crippen LogP contribution in [0.4, 0.5) is 0 Å². The monoisotopic (exact) mass is 832 g/mol. The number of aromatic nitrogens is 4. The molecule has 0 aliphatic heterocycles. The highest BCUT2D eigenvalue weighted by atomic mass is 16.3. The number of fused-ring (bicyclic) bond motifs is 9. The van der Waals surface area contributed by atoms with E-state index < -0.39 is 0 Å². The van der Waals surface area contributed by atoms with Crippen LogP contribution in [0.5, 0.6) is 0 Å². The van der Waals surface area contributed by atoms with Crippen molar-refractivity contribution in [3.8, 4) is 73.2 Å². The average molecular weight is 833 g/mol. The van der Waals surface area contributed by atoms with Crippen molar-refractivity contribution in [1.29, 1.82) is 0 Å². The Kier molecular flexibility index (Phi) is 8.18. The lowest BCUT2D eigenvalue weighted by Crippen LogP contribution is -2.14. The van der Waals surface area contributed by atoms with Gasteiger partial charge in [-0.1, -0.05) is 172 Å². The summed E-state index contributed by atoms with van der Waals surface area (Å²) in [6, 6.07) is 73.3. The second-order valence-corrected chi connectivity index (χ2v) is 17.6. The molecule has 0 atom stereocenters. The van der Waals surface area contributed by atoms with Crippen LogP contribution in [0.2, 0.25) is 0 Å². The molecule has 0 fully saturated rings. The van der Waals surface area contributed by atoms with Gasteiger partial charge in [-0.25, -0.2) is 4.98 Å². The minimum Gasteiger partial charge on any atom is -0.456 e. The maximum absolute atomic E-state index is 6.37. The molecular weight excluding hydrogens is 793 g/mol. The van der Waals surface area contributed by atoms with Crippen molar-refractivity contribution in [2.75, 3.05) is 0 Å². The Morgan fingerprint density at radius 1 is 0.369 bits per heavy atom. The zero-order valence-electron chi connectivity index (χ0n) is 35.8. The van der Waals surface area contributed by atoms with E-state index in [0.29, 0.717) is 17.6 Å². The summed E-state index contributed by atoms with van der Waals surface area (Å²) in [6.45, 7) is 4.69. The van der Waals surface area contributed by atoms with E-state index in [0.717, 1.165) is 82.7 Å². The van der Waals surface area contributed by atoms with Crippen LogP contribution in [0.1, 0.15) is 25.0 Å². The molecule has 5 heteroatoms. The topological polar surface area (TPSA) is 56.7 Å². The SMILES string of the molecule is CC1(C)c2ccccc2-c2ccc(-c3cccc(-c4cc(-c5ccccc5)cc5c6ccccc6n(-c6nc(-c7ccccc7)nc(-c7ccc8c(c7)oc7ccccc78)n6)c45)c3)cc21. The van der Waals surface area contributed by atoms with Gasteiger partial charge in [0.2, 0.25) is 5.95 Å². The van der Waals surface area contributed by atoms with Crippen molar-refractivity contribution in [3.05, 3.63) is 217 Å². The highest BCUT2D eigenvalue weighted by Gasteiger charge is 2.35. The van der Waals surface area contributed by atoms with Crippen molar-refractivity contribution in [2.24, 2.45) is 0 Å². The number of benzene rings is 9. The molecule has 0 bridgehead atoms. The molecule has 0 saturated carbocycles. The van der Waals surface area contributed by atoms with Gasteiger partial charge in [-0.3, -0.25) is 4.57 Å². The third-order valence-electron chi connectivity index (χ3n) is 13.5. The molecule has 5 nitrogen and oxygen atoms in total. The molecule has 0 spiro atoms. The van der Waals surface area contributed by atoms with Crippen LogP contribution in [0.15, 0.2) is 211 Å². The molecule has 1 aliphatic carbocycles. The van der Waals surface area contributed by atoms with Gasteiger partial charge >= 0.3 is 0 Å². The van der Waals surface area contributed by atoms with Crippen LogP contribution in [0, 0.1) is 0 Å². The van der Waals surface area contributed by atoms with Crippen molar-refractivity contribution >= 4 is 43.7 Å². The van der Waals surface area contributed by atoms with Crippen LogP contribution >= 0.6 is 0 Å². The van der Waals surface area contributed by atoms with Crippen molar-refractivity contribution in [1.82, 2.24) is 19.5 Å². The molecule has 0 unspecified atom stereocenters. The number of furan rings is 1. The number of hydrogen-bond donors (Lipinski definition) is 0. The summed E-state index contributed by atoms with van der Waals surface area (Å²) < 4.78 is 8.62. The predicted octanol–water partition coefficient (Wildman–Crippen LogP) is 15.5. The molecular formula is C60H40N4O. The lowest BCUT2D eigenvalue weighted by molar-refractivity contribution is 0.660. The standard InChI is InChI=1S/C60H40N4O/c1-60(2)51-25-12-9-22-44(51)45-30-28-40(35-52(45)60)39-20-15-21-41(32-39)49-33-43(37-16-5-3-6-17-37)34-50-46-23-10-13-26-53(46)64(56(49)50)59-62-57(38-18-7-4-8-19-38)61-58(63-59)42-29-31-48-47-24-11-14-27-54(47)65-55(48)36-42/h3-36H,1-2H3. The van der Waals surface area contributed by atoms with E-state index in [-0.39, 0.29) is 5.41 Å². The number of hydrogen-bond acceptors (Lipinski definition) is 4. The first-order chi connectivity index (χ1) is 32.0. The lowest BCUT2D eigenvalue weighted by atomic mass is 9.81. The zero-order chi connectivity index (χ0) is 43.2. The summed E-state index contributed by atoms with van der Waals surface area (Å²) in [7, 11) is 0. The van der Waals surface area contributed by atoms with E-state index >= 15 is 0 Å². The van der Waals surface area contributed by atoms with E-state index in [1.165, 1.54) is 27.8 Å². The van der Waals surface area contributed by atoms with Gasteiger partial charge in [0.05, 0.1) is 11.0 Å². The van der Waals surface area contributed by atoms with E-state index in [4.69, 9.17) is 19.4 Å². The number of nitrogens with zero attached hydrogens (tertiary/aromatic N) is 4. The van der Waals surface area contributed by atoms with Crippen LogP contribution in [-0.4, -0.2) is 19.5 Å². The molecule has 3 aromatic heterocycles. The number of rotatable bonds is 6. The fourth-order valence-corrected chi connectivity index (χ4v) is 10.2. The normalized spacial score (nSPS) is 12.9. The highest BCUT2D eigenvalue weighted by molar-refractivity contribution is 6.15. The Bertz CT molecular complexity index is 3860. The van der Waals surface area contributed by atoms with E-state index in [1.54, 1.807) is 0 Å². The molecule has 0 saturated heterocycles. The molecule has 65 heavy (non-hydrogen) atoms. The Morgan fingerprint density at radius 2 is 1.00 bits per heavy atom. The quantitative estimate of drug-likeness (QED) is 0.167. The third kappa shape index (κ3) is 5.89. The molecule has 9 aromatic carbocycles. The Morgan fingerprint density at radius 3 is 1.85 bits per heavy atom.